The smallest absolute Gasteiger partial charge is 0.458 e. The number of nitro benzene ring substituents is 1. The van der Waals surface area contributed by atoms with E-state index in [9.17, 15) is 32.1 Å². The zero-order valence-electron chi connectivity index (χ0n) is 13.2. The van der Waals surface area contributed by atoms with E-state index in [0.29, 0.717) is 31.2 Å². The van der Waals surface area contributed by atoms with Gasteiger partial charge in [0.1, 0.15) is 5.75 Å². The van der Waals surface area contributed by atoms with Crippen LogP contribution in [0.2, 0.25) is 0 Å². The van der Waals surface area contributed by atoms with Crippen molar-refractivity contribution in [3.05, 3.63) is 33.9 Å². The molecule has 0 bridgehead atoms. The maximum Gasteiger partial charge on any atom is 0.458 e. The quantitative estimate of drug-likeness (QED) is 0.315. The molecule has 0 radical (unpaired) electrons. The van der Waals surface area contributed by atoms with E-state index in [1.165, 1.54) is 0 Å². The van der Waals surface area contributed by atoms with Crippen LogP contribution in [0, 0.1) is 10.1 Å². The largest absolute Gasteiger partial charge is 0.493 e. The van der Waals surface area contributed by atoms with Crippen molar-refractivity contribution in [2.24, 2.45) is 0 Å². The third-order valence-electron chi connectivity index (χ3n) is 3.95. The number of hydrogen-bond donors (Lipinski definition) is 0. The summed E-state index contributed by atoms with van der Waals surface area (Å²) in [5.74, 6) is -5.98. The average Bonchev–Trinajstić information content (AvgIpc) is 3.03. The van der Waals surface area contributed by atoms with E-state index in [4.69, 9.17) is 4.74 Å². The van der Waals surface area contributed by atoms with Crippen molar-refractivity contribution in [3.63, 3.8) is 0 Å². The number of nitrogens with zero attached hydrogens (tertiary/aromatic N) is 2. The Hall–Kier alpha value is -1.97. The topological polar surface area (TPSA) is 55.6 Å². The van der Waals surface area contributed by atoms with Gasteiger partial charge in [0, 0.05) is 12.6 Å². The van der Waals surface area contributed by atoms with Gasteiger partial charge in [0.15, 0.2) is 0 Å². The van der Waals surface area contributed by atoms with Crippen LogP contribution in [-0.4, -0.2) is 42.2 Å². The normalized spacial score (nSPS) is 16.2. The molecule has 1 aromatic carbocycles. The first-order valence-corrected chi connectivity index (χ1v) is 7.71. The van der Waals surface area contributed by atoms with Crippen LogP contribution in [0.1, 0.15) is 24.8 Å². The van der Waals surface area contributed by atoms with Gasteiger partial charge in [0.25, 0.3) is 5.69 Å². The molecule has 5 nitrogen and oxygen atoms in total. The Bertz CT molecular complexity index is 616. The van der Waals surface area contributed by atoms with Crippen LogP contribution in [0.25, 0.3) is 0 Å². The number of non-ortho nitro benzene ring substituents is 1. The number of benzene rings is 1. The Labute approximate surface area is 140 Å². The van der Waals surface area contributed by atoms with Crippen LogP contribution in [0.3, 0.4) is 0 Å². The van der Waals surface area contributed by atoms with Gasteiger partial charge in [-0.05, 0) is 38.4 Å². The minimum absolute atomic E-state index is 0.112. The maximum atomic E-state index is 13.6. The minimum atomic E-state index is -5.82. The summed E-state index contributed by atoms with van der Waals surface area (Å²) in [6.07, 6.45) is -3.28. The number of rotatable bonds is 7. The predicted molar refractivity (Wildman–Crippen MR) is 78.8 cm³/mol. The van der Waals surface area contributed by atoms with Gasteiger partial charge in [-0.3, -0.25) is 10.1 Å². The van der Waals surface area contributed by atoms with Crippen molar-refractivity contribution in [1.82, 2.24) is 4.90 Å². The Morgan fingerprint density at radius 2 is 1.80 bits per heavy atom. The second-order valence-electron chi connectivity index (χ2n) is 5.76. The summed E-state index contributed by atoms with van der Waals surface area (Å²) in [5.41, 5.74) is -2.04. The minimum Gasteiger partial charge on any atom is -0.493 e. The van der Waals surface area contributed by atoms with Gasteiger partial charge in [0.2, 0.25) is 0 Å². The van der Waals surface area contributed by atoms with Crippen LogP contribution < -0.4 is 4.74 Å². The zero-order valence-corrected chi connectivity index (χ0v) is 13.2. The molecule has 0 unspecified atom stereocenters. The SMILES string of the molecule is O=[N+]([O-])c1ccc(C(F)(F)C(F)(F)F)c(OCCCN2CCCC2)c1. The Balaban J connectivity index is 2.14. The van der Waals surface area contributed by atoms with E-state index < -0.39 is 34.0 Å². The summed E-state index contributed by atoms with van der Waals surface area (Å²) >= 11 is 0. The first-order valence-electron chi connectivity index (χ1n) is 7.71. The zero-order chi connectivity index (χ0) is 18.7. The van der Waals surface area contributed by atoms with Crippen LogP contribution in [0.15, 0.2) is 18.2 Å². The Morgan fingerprint density at radius 3 is 2.36 bits per heavy atom. The highest BCUT2D eigenvalue weighted by atomic mass is 19.4. The third-order valence-corrected chi connectivity index (χ3v) is 3.95. The number of halogens is 5. The molecule has 0 atom stereocenters. The summed E-state index contributed by atoms with van der Waals surface area (Å²) in [6.45, 7) is 2.33. The molecule has 0 N–H and O–H groups in total. The fourth-order valence-corrected chi connectivity index (χ4v) is 2.63. The van der Waals surface area contributed by atoms with Gasteiger partial charge in [-0.1, -0.05) is 0 Å². The standard InChI is InChI=1S/C15H17F5N2O3/c16-14(17,15(18,19)20)12-5-4-11(22(23)24)10-13(12)25-9-3-8-21-6-1-2-7-21/h4-5,10H,1-3,6-9H2. The second kappa shape index (κ2) is 7.51. The molecule has 0 aromatic heterocycles. The highest BCUT2D eigenvalue weighted by Crippen LogP contribution is 2.47. The van der Waals surface area contributed by atoms with Crippen molar-refractivity contribution in [3.8, 4) is 5.75 Å². The molecular weight excluding hydrogens is 351 g/mol. The molecule has 2 rings (SSSR count). The summed E-state index contributed by atoms with van der Waals surface area (Å²) < 4.78 is 70.1. The molecule has 10 heteroatoms. The third kappa shape index (κ3) is 4.56. The van der Waals surface area contributed by atoms with Gasteiger partial charge in [-0.15, -0.1) is 0 Å². The molecule has 25 heavy (non-hydrogen) atoms. The predicted octanol–water partition coefficient (Wildman–Crippen LogP) is 4.11. The fourth-order valence-electron chi connectivity index (χ4n) is 2.63. The molecule has 0 aliphatic carbocycles. The molecule has 1 heterocycles. The Morgan fingerprint density at radius 1 is 1.16 bits per heavy atom. The number of likely N-dealkylation sites (tertiary alicyclic amines) is 1. The van der Waals surface area contributed by atoms with E-state index in [1.54, 1.807) is 0 Å². The first-order chi connectivity index (χ1) is 11.6. The van der Waals surface area contributed by atoms with E-state index in [-0.39, 0.29) is 6.61 Å². The molecule has 1 aliphatic heterocycles. The van der Waals surface area contributed by atoms with Crippen LogP contribution in [0.4, 0.5) is 27.6 Å². The molecule has 1 aromatic rings. The monoisotopic (exact) mass is 368 g/mol. The van der Waals surface area contributed by atoms with Gasteiger partial charge in [0.05, 0.1) is 23.2 Å². The van der Waals surface area contributed by atoms with Crippen LogP contribution in [-0.2, 0) is 5.92 Å². The maximum absolute atomic E-state index is 13.6. The molecule has 1 saturated heterocycles. The summed E-state index contributed by atoms with van der Waals surface area (Å²) in [4.78, 5) is 12.0. The molecule has 1 aliphatic rings. The summed E-state index contributed by atoms with van der Waals surface area (Å²) in [6, 6.07) is 1.60. The summed E-state index contributed by atoms with van der Waals surface area (Å²) in [5, 5.41) is 10.7. The van der Waals surface area contributed by atoms with Gasteiger partial charge >= 0.3 is 12.1 Å². The highest BCUT2D eigenvalue weighted by Gasteiger charge is 2.60. The number of alkyl halides is 5. The van der Waals surface area contributed by atoms with E-state index in [1.807, 2.05) is 0 Å². The fraction of sp³-hybridized carbons (Fsp3) is 0.600. The van der Waals surface area contributed by atoms with Crippen molar-refractivity contribution >= 4 is 5.69 Å². The van der Waals surface area contributed by atoms with Gasteiger partial charge in [-0.25, -0.2) is 0 Å². The number of hydrogen-bond acceptors (Lipinski definition) is 4. The number of ether oxygens (including phenoxy) is 1. The average molecular weight is 368 g/mol. The lowest BCUT2D eigenvalue weighted by molar-refractivity contribution is -0.385. The lowest BCUT2D eigenvalue weighted by Crippen LogP contribution is -2.34. The van der Waals surface area contributed by atoms with E-state index in [0.717, 1.165) is 25.9 Å². The van der Waals surface area contributed by atoms with Crippen LogP contribution in [0.5, 0.6) is 5.75 Å². The van der Waals surface area contributed by atoms with Crippen LogP contribution >= 0.6 is 0 Å². The highest BCUT2D eigenvalue weighted by molar-refractivity contribution is 5.46. The molecular formula is C15H17F5N2O3. The van der Waals surface area contributed by atoms with E-state index in [2.05, 4.69) is 4.90 Å². The van der Waals surface area contributed by atoms with Crippen molar-refractivity contribution in [2.75, 3.05) is 26.2 Å². The second-order valence-corrected chi connectivity index (χ2v) is 5.76. The number of nitro groups is 1. The first kappa shape index (κ1) is 19.4. The van der Waals surface area contributed by atoms with Crippen molar-refractivity contribution in [2.45, 2.75) is 31.4 Å². The van der Waals surface area contributed by atoms with Crippen molar-refractivity contribution < 1.29 is 31.6 Å². The van der Waals surface area contributed by atoms with E-state index >= 15 is 0 Å². The lowest BCUT2D eigenvalue weighted by Gasteiger charge is -2.22. The Kier molecular flexibility index (Phi) is 5.81. The lowest BCUT2D eigenvalue weighted by atomic mass is 10.1. The molecule has 1 fully saturated rings. The van der Waals surface area contributed by atoms with Gasteiger partial charge < -0.3 is 9.64 Å². The molecule has 140 valence electrons. The van der Waals surface area contributed by atoms with Crippen molar-refractivity contribution in [1.29, 1.82) is 0 Å². The summed E-state index contributed by atoms with van der Waals surface area (Å²) in [7, 11) is 0. The molecule has 0 amide bonds. The molecule has 0 saturated carbocycles. The van der Waals surface area contributed by atoms with Gasteiger partial charge in [-0.2, -0.15) is 22.0 Å². The molecule has 0 spiro atoms.